The first-order valence-corrected chi connectivity index (χ1v) is 7.17. The molecule has 0 saturated carbocycles. The van der Waals surface area contributed by atoms with E-state index < -0.39 is 11.7 Å². The van der Waals surface area contributed by atoms with Gasteiger partial charge in [0.05, 0.1) is 19.2 Å². The van der Waals surface area contributed by atoms with Crippen LogP contribution in [-0.4, -0.2) is 23.2 Å². The lowest BCUT2D eigenvalue weighted by Gasteiger charge is -2.03. The molecule has 0 aliphatic heterocycles. The highest BCUT2D eigenvalue weighted by atomic mass is 19.1. The molecule has 2 aromatic carbocycles. The van der Waals surface area contributed by atoms with Gasteiger partial charge in [0.25, 0.3) is 11.8 Å². The van der Waals surface area contributed by atoms with E-state index >= 15 is 0 Å². The molecule has 0 bridgehead atoms. The van der Waals surface area contributed by atoms with Crippen molar-refractivity contribution in [3.63, 3.8) is 0 Å². The van der Waals surface area contributed by atoms with Crippen molar-refractivity contribution in [3.05, 3.63) is 65.7 Å². The summed E-state index contributed by atoms with van der Waals surface area (Å²) in [4.78, 5) is 16.1. The number of nitrogens with zero attached hydrogens (tertiary/aromatic N) is 2. The first-order valence-electron chi connectivity index (χ1n) is 7.17. The van der Waals surface area contributed by atoms with Gasteiger partial charge in [-0.3, -0.25) is 4.79 Å². The van der Waals surface area contributed by atoms with E-state index in [2.05, 4.69) is 15.5 Å². The Kier molecular flexibility index (Phi) is 4.51. The topological polar surface area (TPSA) is 77.2 Å². The van der Waals surface area contributed by atoms with Gasteiger partial charge in [-0.1, -0.05) is 17.3 Å². The lowest BCUT2D eigenvalue weighted by atomic mass is 10.2. The van der Waals surface area contributed by atoms with Crippen molar-refractivity contribution in [1.82, 2.24) is 15.5 Å². The number of ether oxygens (including phenoxy) is 1. The van der Waals surface area contributed by atoms with E-state index in [4.69, 9.17) is 9.26 Å². The van der Waals surface area contributed by atoms with Crippen molar-refractivity contribution in [2.24, 2.45) is 0 Å². The Morgan fingerprint density at radius 1 is 1.21 bits per heavy atom. The second-order valence-corrected chi connectivity index (χ2v) is 4.91. The van der Waals surface area contributed by atoms with E-state index in [0.29, 0.717) is 11.7 Å². The maximum atomic E-state index is 13.5. The minimum absolute atomic E-state index is 0.0311. The molecule has 1 amide bonds. The van der Waals surface area contributed by atoms with E-state index in [-0.39, 0.29) is 12.1 Å². The monoisotopic (exact) mass is 327 g/mol. The number of hydrogen-bond donors (Lipinski definition) is 1. The molecule has 7 heteroatoms. The molecule has 3 aromatic rings. The second kappa shape index (κ2) is 6.91. The van der Waals surface area contributed by atoms with Crippen molar-refractivity contribution in [3.8, 4) is 17.2 Å². The number of methoxy groups -OCH3 is 1. The average Bonchev–Trinajstić information content (AvgIpc) is 3.09. The summed E-state index contributed by atoms with van der Waals surface area (Å²) in [6, 6.07) is 12.9. The summed E-state index contributed by atoms with van der Waals surface area (Å²) < 4.78 is 23.8. The molecule has 0 unspecified atom stereocenters. The molecule has 1 aromatic heterocycles. The molecule has 0 atom stereocenters. The van der Waals surface area contributed by atoms with Crippen LogP contribution in [-0.2, 0) is 6.54 Å². The van der Waals surface area contributed by atoms with Crippen LogP contribution in [0.2, 0.25) is 0 Å². The molecule has 0 saturated heterocycles. The molecule has 24 heavy (non-hydrogen) atoms. The molecule has 0 radical (unpaired) electrons. The largest absolute Gasteiger partial charge is 0.497 e. The summed E-state index contributed by atoms with van der Waals surface area (Å²) in [5.41, 5.74) is 0.700. The highest BCUT2D eigenvalue weighted by molar-refractivity contribution is 5.94. The predicted molar refractivity (Wildman–Crippen MR) is 83.9 cm³/mol. The zero-order valence-corrected chi connectivity index (χ0v) is 12.8. The van der Waals surface area contributed by atoms with Gasteiger partial charge in [0.15, 0.2) is 5.82 Å². The number of carbonyl (C=O) groups excluding carboxylic acids is 1. The smallest absolute Gasteiger partial charge is 0.257 e. The van der Waals surface area contributed by atoms with Crippen LogP contribution in [0.1, 0.15) is 16.2 Å². The average molecular weight is 327 g/mol. The van der Waals surface area contributed by atoms with Crippen molar-refractivity contribution in [2.75, 3.05) is 7.11 Å². The van der Waals surface area contributed by atoms with Crippen molar-refractivity contribution in [2.45, 2.75) is 6.54 Å². The van der Waals surface area contributed by atoms with Crippen LogP contribution in [0.3, 0.4) is 0 Å². The Hall–Kier alpha value is -3.22. The number of halogens is 1. The fourth-order valence-electron chi connectivity index (χ4n) is 2.08. The number of nitrogens with one attached hydrogen (secondary N) is 1. The van der Waals surface area contributed by atoms with Crippen molar-refractivity contribution < 1.29 is 18.4 Å². The van der Waals surface area contributed by atoms with Gasteiger partial charge >= 0.3 is 0 Å². The third-order valence-corrected chi connectivity index (χ3v) is 3.33. The number of rotatable bonds is 5. The molecule has 0 aliphatic rings. The Balaban J connectivity index is 1.66. The van der Waals surface area contributed by atoms with Gasteiger partial charge in [0.2, 0.25) is 0 Å². The van der Waals surface area contributed by atoms with Crippen LogP contribution in [0.25, 0.3) is 11.5 Å². The van der Waals surface area contributed by atoms with E-state index in [1.54, 1.807) is 37.4 Å². The molecule has 6 nitrogen and oxygen atoms in total. The molecular weight excluding hydrogens is 313 g/mol. The normalized spacial score (nSPS) is 10.4. The molecule has 1 heterocycles. The summed E-state index contributed by atoms with van der Waals surface area (Å²) in [5, 5.41) is 6.35. The lowest BCUT2D eigenvalue weighted by molar-refractivity contribution is 0.0945. The van der Waals surface area contributed by atoms with Gasteiger partial charge in [-0.25, -0.2) is 4.39 Å². The van der Waals surface area contributed by atoms with E-state index in [1.807, 2.05) is 0 Å². The molecule has 1 N–H and O–H groups in total. The highest BCUT2D eigenvalue weighted by Crippen LogP contribution is 2.20. The Morgan fingerprint density at radius 3 is 2.67 bits per heavy atom. The molecule has 3 rings (SSSR count). The first-order chi connectivity index (χ1) is 11.7. The number of benzene rings is 2. The number of amides is 1. The van der Waals surface area contributed by atoms with Gasteiger partial charge in [0, 0.05) is 5.56 Å². The first kappa shape index (κ1) is 15.7. The predicted octanol–water partition coefficient (Wildman–Crippen LogP) is 2.81. The van der Waals surface area contributed by atoms with Gasteiger partial charge in [-0.2, -0.15) is 4.98 Å². The summed E-state index contributed by atoms with van der Waals surface area (Å²) in [7, 11) is 1.58. The van der Waals surface area contributed by atoms with Crippen LogP contribution in [0.4, 0.5) is 4.39 Å². The lowest BCUT2D eigenvalue weighted by Crippen LogP contribution is -2.24. The molecular formula is C17H14FN3O3. The van der Waals surface area contributed by atoms with Gasteiger partial charge in [-0.05, 0) is 36.4 Å². The molecule has 0 spiro atoms. The number of carbonyl (C=O) groups is 1. The maximum Gasteiger partial charge on any atom is 0.257 e. The maximum absolute atomic E-state index is 13.5. The zero-order chi connectivity index (χ0) is 16.9. The van der Waals surface area contributed by atoms with Gasteiger partial charge in [0.1, 0.15) is 11.6 Å². The summed E-state index contributed by atoms with van der Waals surface area (Å²) in [6.45, 7) is 0.0345. The van der Waals surface area contributed by atoms with Crippen LogP contribution in [0.15, 0.2) is 53.1 Å². The Morgan fingerprint density at radius 2 is 1.96 bits per heavy atom. The van der Waals surface area contributed by atoms with E-state index in [1.165, 1.54) is 18.2 Å². The van der Waals surface area contributed by atoms with Crippen LogP contribution in [0.5, 0.6) is 5.75 Å². The minimum Gasteiger partial charge on any atom is -0.497 e. The fraction of sp³-hybridized carbons (Fsp3) is 0.118. The van der Waals surface area contributed by atoms with E-state index in [9.17, 15) is 9.18 Å². The molecule has 122 valence electrons. The summed E-state index contributed by atoms with van der Waals surface area (Å²) in [5.74, 6) is 0.222. The Labute approximate surface area is 137 Å². The second-order valence-electron chi connectivity index (χ2n) is 4.91. The van der Waals surface area contributed by atoms with E-state index in [0.717, 1.165) is 11.3 Å². The standard InChI is InChI=1S/C17H14FN3O3/c1-23-12-8-6-11(7-9-12)17-20-15(21-24-17)10-19-16(22)13-4-2-3-5-14(13)18/h2-9H,10H2,1H3,(H,19,22). The summed E-state index contributed by atoms with van der Waals surface area (Å²) >= 11 is 0. The number of hydrogen-bond acceptors (Lipinski definition) is 5. The van der Waals surface area contributed by atoms with Gasteiger partial charge < -0.3 is 14.6 Å². The van der Waals surface area contributed by atoms with Crippen LogP contribution in [0, 0.1) is 5.82 Å². The van der Waals surface area contributed by atoms with Gasteiger partial charge in [-0.15, -0.1) is 0 Å². The molecule has 0 fully saturated rings. The minimum atomic E-state index is -0.581. The number of aromatic nitrogens is 2. The Bertz CT molecular complexity index is 846. The third kappa shape index (κ3) is 3.40. The fourth-order valence-corrected chi connectivity index (χ4v) is 2.08. The van der Waals surface area contributed by atoms with Crippen LogP contribution < -0.4 is 10.1 Å². The van der Waals surface area contributed by atoms with Crippen molar-refractivity contribution in [1.29, 1.82) is 0 Å². The molecule has 0 aliphatic carbocycles. The summed E-state index contributed by atoms with van der Waals surface area (Å²) in [6.07, 6.45) is 0. The van der Waals surface area contributed by atoms with Crippen molar-refractivity contribution >= 4 is 5.91 Å². The van der Waals surface area contributed by atoms with Crippen LogP contribution >= 0.6 is 0 Å². The third-order valence-electron chi connectivity index (χ3n) is 3.33. The SMILES string of the molecule is COc1ccc(-c2nc(CNC(=O)c3ccccc3F)no2)cc1. The highest BCUT2D eigenvalue weighted by Gasteiger charge is 2.13. The zero-order valence-electron chi connectivity index (χ0n) is 12.8. The quantitative estimate of drug-likeness (QED) is 0.780.